The summed E-state index contributed by atoms with van der Waals surface area (Å²) < 4.78 is 5.75. The highest BCUT2D eigenvalue weighted by molar-refractivity contribution is 5.58. The molecule has 0 saturated heterocycles. The van der Waals surface area contributed by atoms with Gasteiger partial charge in [-0.1, -0.05) is 0 Å². The summed E-state index contributed by atoms with van der Waals surface area (Å²) in [4.78, 5) is 17.6. The molecule has 0 aliphatic heterocycles. The molecule has 0 amide bonds. The van der Waals surface area contributed by atoms with Crippen molar-refractivity contribution in [3.63, 3.8) is 0 Å². The topological polar surface area (TPSA) is 119 Å². The molecule has 1 heterocycles. The Balaban J connectivity index is 1.69. The van der Waals surface area contributed by atoms with E-state index in [1.807, 2.05) is 0 Å². The summed E-state index contributed by atoms with van der Waals surface area (Å²) in [5, 5.41) is 3.00. The molecule has 7 heteroatoms. The fourth-order valence-corrected chi connectivity index (χ4v) is 2.20. The first kappa shape index (κ1) is 13.8. The zero-order chi connectivity index (χ0) is 13.7. The number of nitrogens with two attached hydrogens (primary N) is 2. The summed E-state index contributed by atoms with van der Waals surface area (Å²) in [6, 6.07) is 0.331. The van der Waals surface area contributed by atoms with Crippen molar-refractivity contribution in [2.24, 2.45) is 5.73 Å². The number of aromatic amines is 1. The van der Waals surface area contributed by atoms with Crippen LogP contribution in [0.3, 0.4) is 0 Å². The van der Waals surface area contributed by atoms with E-state index in [-0.39, 0.29) is 11.2 Å². The molecule has 0 radical (unpaired) electrons. The Morgan fingerprint density at radius 1 is 1.42 bits per heavy atom. The summed E-state index contributed by atoms with van der Waals surface area (Å²) >= 11 is 0. The molecule has 1 aromatic rings. The molecular formula is C12H21N5O2. The summed E-state index contributed by atoms with van der Waals surface area (Å²) in [5.41, 5.74) is 11.2. The van der Waals surface area contributed by atoms with Crippen LogP contribution in [0.15, 0.2) is 11.1 Å². The van der Waals surface area contributed by atoms with E-state index in [4.69, 9.17) is 16.2 Å². The molecular weight excluding hydrogens is 246 g/mol. The Morgan fingerprint density at radius 3 is 2.89 bits per heavy atom. The maximum absolute atomic E-state index is 11.2. The van der Waals surface area contributed by atoms with Crippen LogP contribution in [0.5, 0.6) is 0 Å². The van der Waals surface area contributed by atoms with Gasteiger partial charge in [0, 0.05) is 12.6 Å². The third-order valence-electron chi connectivity index (χ3n) is 3.36. The second kappa shape index (κ2) is 6.53. The summed E-state index contributed by atoms with van der Waals surface area (Å²) in [5.74, 6) is 0.401. The lowest BCUT2D eigenvalue weighted by Gasteiger charge is -2.26. The van der Waals surface area contributed by atoms with Gasteiger partial charge in [-0.15, -0.1) is 0 Å². The van der Waals surface area contributed by atoms with Gasteiger partial charge in [0.2, 0.25) is 0 Å². The van der Waals surface area contributed by atoms with E-state index in [9.17, 15) is 4.79 Å². The van der Waals surface area contributed by atoms with Gasteiger partial charge in [-0.25, -0.2) is 4.98 Å². The van der Waals surface area contributed by atoms with Gasteiger partial charge in [0.15, 0.2) is 5.82 Å². The SMILES string of the molecule is Nc1c(NCCOC2CCC(N)CC2)nc[nH]c1=O. The molecule has 106 valence electrons. The lowest BCUT2D eigenvalue weighted by atomic mass is 9.94. The minimum absolute atomic E-state index is 0.103. The van der Waals surface area contributed by atoms with Crippen LogP contribution in [0.4, 0.5) is 11.5 Å². The van der Waals surface area contributed by atoms with Gasteiger partial charge in [0.25, 0.3) is 5.56 Å². The highest BCUT2D eigenvalue weighted by Crippen LogP contribution is 2.19. The number of aromatic nitrogens is 2. The summed E-state index contributed by atoms with van der Waals surface area (Å²) in [7, 11) is 0. The van der Waals surface area contributed by atoms with Crippen molar-refractivity contribution < 1.29 is 4.74 Å². The minimum Gasteiger partial charge on any atom is -0.391 e. The van der Waals surface area contributed by atoms with E-state index in [0.717, 1.165) is 25.7 Å². The summed E-state index contributed by atoms with van der Waals surface area (Å²) in [6.45, 7) is 1.14. The smallest absolute Gasteiger partial charge is 0.276 e. The van der Waals surface area contributed by atoms with Crippen LogP contribution < -0.4 is 22.3 Å². The second-order valence-corrected chi connectivity index (χ2v) is 4.83. The zero-order valence-electron chi connectivity index (χ0n) is 10.9. The Hall–Kier alpha value is -1.60. The lowest BCUT2D eigenvalue weighted by molar-refractivity contribution is 0.0313. The van der Waals surface area contributed by atoms with Gasteiger partial charge in [0.1, 0.15) is 5.69 Å². The van der Waals surface area contributed by atoms with Crippen molar-refractivity contribution in [3.8, 4) is 0 Å². The number of hydrogen-bond acceptors (Lipinski definition) is 6. The van der Waals surface area contributed by atoms with Crippen LogP contribution >= 0.6 is 0 Å². The maximum atomic E-state index is 11.2. The minimum atomic E-state index is -0.334. The highest BCUT2D eigenvalue weighted by atomic mass is 16.5. The zero-order valence-corrected chi connectivity index (χ0v) is 10.9. The number of hydrogen-bond donors (Lipinski definition) is 4. The van der Waals surface area contributed by atoms with Crippen molar-refractivity contribution in [1.82, 2.24) is 9.97 Å². The van der Waals surface area contributed by atoms with Gasteiger partial charge >= 0.3 is 0 Å². The average Bonchev–Trinajstić information content (AvgIpc) is 2.41. The fraction of sp³-hybridized carbons (Fsp3) is 0.667. The Morgan fingerprint density at radius 2 is 2.16 bits per heavy atom. The standard InChI is InChI=1S/C12H21N5O2/c13-8-1-3-9(4-2-8)19-6-5-15-11-10(14)12(18)17-7-16-11/h7-9H,1-6,13-14H2,(H2,15,16,17,18). The third kappa shape index (κ3) is 3.93. The highest BCUT2D eigenvalue weighted by Gasteiger charge is 2.18. The van der Waals surface area contributed by atoms with Crippen LogP contribution in [0, 0.1) is 0 Å². The normalized spacial score (nSPS) is 23.2. The monoisotopic (exact) mass is 267 g/mol. The molecule has 7 nitrogen and oxygen atoms in total. The van der Waals surface area contributed by atoms with E-state index in [0.29, 0.717) is 31.1 Å². The molecule has 0 atom stereocenters. The number of nitrogen functional groups attached to an aromatic ring is 1. The molecule has 0 unspecified atom stereocenters. The molecule has 1 aliphatic carbocycles. The van der Waals surface area contributed by atoms with Crippen LogP contribution in [0.2, 0.25) is 0 Å². The van der Waals surface area contributed by atoms with Gasteiger partial charge in [-0.3, -0.25) is 4.79 Å². The molecule has 1 aliphatic rings. The number of nitrogens with zero attached hydrogens (tertiary/aromatic N) is 1. The maximum Gasteiger partial charge on any atom is 0.276 e. The molecule has 0 bridgehead atoms. The van der Waals surface area contributed by atoms with Crippen molar-refractivity contribution >= 4 is 11.5 Å². The predicted octanol–water partition coefficient (Wildman–Crippen LogP) is 0.0505. The van der Waals surface area contributed by atoms with E-state index in [1.54, 1.807) is 0 Å². The molecule has 1 fully saturated rings. The Labute approximate surface area is 111 Å². The van der Waals surface area contributed by atoms with E-state index in [1.165, 1.54) is 6.33 Å². The van der Waals surface area contributed by atoms with Crippen LogP contribution in [-0.4, -0.2) is 35.3 Å². The Bertz CT molecular complexity index is 454. The van der Waals surface area contributed by atoms with Crippen molar-refractivity contribution in [2.75, 3.05) is 24.2 Å². The third-order valence-corrected chi connectivity index (χ3v) is 3.36. The van der Waals surface area contributed by atoms with Gasteiger partial charge in [-0.05, 0) is 25.7 Å². The van der Waals surface area contributed by atoms with E-state index in [2.05, 4.69) is 15.3 Å². The van der Waals surface area contributed by atoms with Crippen LogP contribution in [-0.2, 0) is 4.74 Å². The number of H-pyrrole nitrogens is 1. The molecule has 1 saturated carbocycles. The second-order valence-electron chi connectivity index (χ2n) is 4.83. The molecule has 1 aromatic heterocycles. The van der Waals surface area contributed by atoms with E-state index < -0.39 is 0 Å². The first-order valence-corrected chi connectivity index (χ1v) is 6.61. The number of nitrogens with one attached hydrogen (secondary N) is 2. The van der Waals surface area contributed by atoms with Crippen LogP contribution in [0.1, 0.15) is 25.7 Å². The molecule has 0 aromatic carbocycles. The first-order chi connectivity index (χ1) is 9.16. The molecule has 0 spiro atoms. The van der Waals surface area contributed by atoms with Gasteiger partial charge in [-0.2, -0.15) is 0 Å². The van der Waals surface area contributed by atoms with Crippen LogP contribution in [0.25, 0.3) is 0 Å². The fourth-order valence-electron chi connectivity index (χ4n) is 2.20. The largest absolute Gasteiger partial charge is 0.391 e. The van der Waals surface area contributed by atoms with Gasteiger partial charge in [0.05, 0.1) is 19.0 Å². The molecule has 2 rings (SSSR count). The predicted molar refractivity (Wildman–Crippen MR) is 73.9 cm³/mol. The van der Waals surface area contributed by atoms with Gasteiger partial charge < -0.3 is 26.5 Å². The van der Waals surface area contributed by atoms with Crippen molar-refractivity contribution in [1.29, 1.82) is 0 Å². The quantitative estimate of drug-likeness (QED) is 0.560. The van der Waals surface area contributed by atoms with Crippen molar-refractivity contribution in [2.45, 2.75) is 37.8 Å². The number of rotatable bonds is 5. The summed E-state index contributed by atoms with van der Waals surface area (Å²) in [6.07, 6.45) is 5.72. The number of ether oxygens (including phenoxy) is 1. The lowest BCUT2D eigenvalue weighted by Crippen LogP contribution is -2.31. The number of anilines is 2. The molecule has 19 heavy (non-hydrogen) atoms. The van der Waals surface area contributed by atoms with Crippen molar-refractivity contribution in [3.05, 3.63) is 16.7 Å². The molecule has 6 N–H and O–H groups in total. The Kier molecular flexibility index (Phi) is 4.75. The average molecular weight is 267 g/mol. The van der Waals surface area contributed by atoms with E-state index >= 15 is 0 Å². The first-order valence-electron chi connectivity index (χ1n) is 6.61.